The van der Waals surface area contributed by atoms with Gasteiger partial charge in [-0.1, -0.05) is 11.6 Å². The van der Waals surface area contributed by atoms with Crippen LogP contribution in [0.2, 0.25) is 5.02 Å². The Balaban J connectivity index is 1.67. The summed E-state index contributed by atoms with van der Waals surface area (Å²) in [5, 5.41) is 4.39. The molecule has 2 aromatic rings. The molecule has 100 valence electrons. The minimum atomic E-state index is 0.493. The summed E-state index contributed by atoms with van der Waals surface area (Å²) in [6, 6.07) is 4.34. The number of hydrogen-bond acceptors (Lipinski definition) is 5. The van der Waals surface area contributed by atoms with E-state index in [2.05, 4.69) is 19.0 Å². The number of aromatic nitrogens is 2. The first kappa shape index (κ1) is 11.9. The van der Waals surface area contributed by atoms with E-state index in [4.69, 9.17) is 11.6 Å². The van der Waals surface area contributed by atoms with Gasteiger partial charge in [-0.15, -0.1) is 0 Å². The summed E-state index contributed by atoms with van der Waals surface area (Å²) in [7, 11) is 0. The third-order valence-corrected chi connectivity index (χ3v) is 5.22. The SMILES string of the molecule is Clc1ccc2nsnc2c1NC1CN2CCC1CC2. The second-order valence-electron chi connectivity index (χ2n) is 5.44. The monoisotopic (exact) mass is 294 g/mol. The Morgan fingerprint density at radius 1 is 1.26 bits per heavy atom. The zero-order valence-corrected chi connectivity index (χ0v) is 12.0. The van der Waals surface area contributed by atoms with Crippen molar-refractivity contribution >= 4 is 40.0 Å². The number of hydrogen-bond donors (Lipinski definition) is 1. The van der Waals surface area contributed by atoms with Crippen LogP contribution in [-0.2, 0) is 0 Å². The second-order valence-corrected chi connectivity index (χ2v) is 6.38. The van der Waals surface area contributed by atoms with Crippen molar-refractivity contribution in [2.24, 2.45) is 5.92 Å². The summed E-state index contributed by atoms with van der Waals surface area (Å²) in [5.74, 6) is 0.767. The van der Waals surface area contributed by atoms with Crippen molar-refractivity contribution in [3.05, 3.63) is 17.2 Å². The Kier molecular flexibility index (Phi) is 2.86. The average molecular weight is 295 g/mol. The molecule has 0 amide bonds. The molecule has 1 aromatic heterocycles. The molecule has 1 atom stereocenters. The summed E-state index contributed by atoms with van der Waals surface area (Å²) < 4.78 is 8.66. The molecule has 3 aliphatic rings. The topological polar surface area (TPSA) is 41.1 Å². The first-order valence-electron chi connectivity index (χ1n) is 6.71. The fourth-order valence-corrected chi connectivity index (χ4v) is 4.03. The van der Waals surface area contributed by atoms with Crippen molar-refractivity contribution in [1.82, 2.24) is 13.6 Å². The molecule has 4 heterocycles. The Morgan fingerprint density at radius 3 is 2.84 bits per heavy atom. The van der Waals surface area contributed by atoms with Gasteiger partial charge >= 0.3 is 0 Å². The summed E-state index contributed by atoms with van der Waals surface area (Å²) in [6.45, 7) is 3.62. The van der Waals surface area contributed by atoms with Crippen molar-refractivity contribution in [3.63, 3.8) is 0 Å². The van der Waals surface area contributed by atoms with Crippen molar-refractivity contribution in [1.29, 1.82) is 0 Å². The van der Waals surface area contributed by atoms with Gasteiger partial charge in [-0.05, 0) is 44.0 Å². The quantitative estimate of drug-likeness (QED) is 0.925. The first-order chi connectivity index (χ1) is 9.31. The van der Waals surface area contributed by atoms with Gasteiger partial charge < -0.3 is 10.2 Å². The number of rotatable bonds is 2. The van der Waals surface area contributed by atoms with Gasteiger partial charge in [-0.3, -0.25) is 0 Å². The van der Waals surface area contributed by atoms with Crippen molar-refractivity contribution in [2.45, 2.75) is 18.9 Å². The number of fused-ring (bicyclic) bond motifs is 4. The molecule has 19 heavy (non-hydrogen) atoms. The number of nitrogens with one attached hydrogen (secondary N) is 1. The predicted octanol–water partition coefficient (Wildman–Crippen LogP) is 2.85. The summed E-state index contributed by atoms with van der Waals surface area (Å²) in [4.78, 5) is 2.53. The van der Waals surface area contributed by atoms with E-state index in [0.29, 0.717) is 6.04 Å². The lowest BCUT2D eigenvalue weighted by molar-refractivity contribution is 0.0976. The van der Waals surface area contributed by atoms with E-state index in [-0.39, 0.29) is 0 Å². The highest BCUT2D eigenvalue weighted by Gasteiger charge is 2.34. The van der Waals surface area contributed by atoms with Crippen LogP contribution in [0.15, 0.2) is 12.1 Å². The van der Waals surface area contributed by atoms with Crippen LogP contribution < -0.4 is 5.32 Å². The summed E-state index contributed by atoms with van der Waals surface area (Å²) in [6.07, 6.45) is 2.58. The average Bonchev–Trinajstić information content (AvgIpc) is 2.92. The fraction of sp³-hybridized carbons (Fsp3) is 0.538. The van der Waals surface area contributed by atoms with Crippen LogP contribution in [0, 0.1) is 5.92 Å². The lowest BCUT2D eigenvalue weighted by atomic mass is 9.84. The van der Waals surface area contributed by atoms with E-state index in [1.165, 1.54) is 37.7 Å². The minimum Gasteiger partial charge on any atom is -0.378 e. The highest BCUT2D eigenvalue weighted by molar-refractivity contribution is 7.00. The first-order valence-corrected chi connectivity index (χ1v) is 7.82. The third-order valence-electron chi connectivity index (χ3n) is 4.36. The minimum absolute atomic E-state index is 0.493. The van der Waals surface area contributed by atoms with Crippen LogP contribution in [0.1, 0.15) is 12.8 Å². The molecular formula is C13H15ClN4S. The van der Waals surface area contributed by atoms with Gasteiger partial charge in [0.05, 0.1) is 22.4 Å². The highest BCUT2D eigenvalue weighted by atomic mass is 35.5. The zero-order valence-electron chi connectivity index (χ0n) is 10.5. The van der Waals surface area contributed by atoms with Gasteiger partial charge in [-0.2, -0.15) is 8.75 Å². The van der Waals surface area contributed by atoms with E-state index in [1.807, 2.05) is 12.1 Å². The lowest BCUT2D eigenvalue weighted by Gasteiger charge is -2.45. The molecule has 3 aliphatic heterocycles. The standard InChI is InChI=1S/C13H15ClN4S/c14-9-1-2-10-13(17-19-16-10)12(9)15-11-7-18-5-3-8(11)4-6-18/h1-2,8,11,15H,3-7H2. The lowest BCUT2D eigenvalue weighted by Crippen LogP contribution is -2.53. The molecule has 5 rings (SSSR count). The van der Waals surface area contributed by atoms with E-state index in [9.17, 15) is 0 Å². The Hall–Kier alpha value is -0.910. The molecule has 3 saturated heterocycles. The van der Waals surface area contributed by atoms with Crippen LogP contribution in [0.4, 0.5) is 5.69 Å². The number of piperidine rings is 3. The Morgan fingerprint density at radius 2 is 2.11 bits per heavy atom. The van der Waals surface area contributed by atoms with Crippen molar-refractivity contribution in [2.75, 3.05) is 25.0 Å². The normalized spacial score (nSPS) is 29.8. The molecule has 3 fully saturated rings. The maximum absolute atomic E-state index is 6.34. The van der Waals surface area contributed by atoms with Crippen LogP contribution in [0.25, 0.3) is 11.0 Å². The molecule has 1 N–H and O–H groups in total. The summed E-state index contributed by atoms with van der Waals surface area (Å²) in [5.41, 5.74) is 2.80. The Labute approximate surface area is 121 Å². The highest BCUT2D eigenvalue weighted by Crippen LogP contribution is 2.35. The molecule has 2 bridgehead atoms. The molecule has 6 heteroatoms. The number of anilines is 1. The molecule has 0 radical (unpaired) electrons. The number of nitrogens with zero attached hydrogens (tertiary/aromatic N) is 3. The predicted molar refractivity (Wildman–Crippen MR) is 79.0 cm³/mol. The van der Waals surface area contributed by atoms with Crippen molar-refractivity contribution in [3.8, 4) is 0 Å². The van der Waals surface area contributed by atoms with Gasteiger partial charge in [0.25, 0.3) is 0 Å². The molecule has 1 aromatic carbocycles. The van der Waals surface area contributed by atoms with Crippen LogP contribution in [-0.4, -0.2) is 39.3 Å². The van der Waals surface area contributed by atoms with Gasteiger partial charge in [0, 0.05) is 12.6 Å². The van der Waals surface area contributed by atoms with E-state index < -0.39 is 0 Å². The van der Waals surface area contributed by atoms with Gasteiger partial charge in [0.15, 0.2) is 0 Å². The van der Waals surface area contributed by atoms with E-state index in [0.717, 1.165) is 34.2 Å². The molecule has 0 saturated carbocycles. The fourth-order valence-electron chi connectivity index (χ4n) is 3.28. The largest absolute Gasteiger partial charge is 0.378 e. The second kappa shape index (κ2) is 4.58. The third kappa shape index (κ3) is 2.00. The zero-order chi connectivity index (χ0) is 12.8. The molecule has 0 spiro atoms. The maximum atomic E-state index is 6.34. The molecular weight excluding hydrogens is 280 g/mol. The number of halogens is 1. The summed E-state index contributed by atoms with van der Waals surface area (Å²) >= 11 is 7.59. The van der Waals surface area contributed by atoms with E-state index in [1.54, 1.807) is 0 Å². The van der Waals surface area contributed by atoms with Crippen LogP contribution >= 0.6 is 23.3 Å². The molecule has 1 unspecified atom stereocenters. The van der Waals surface area contributed by atoms with Gasteiger partial charge in [-0.25, -0.2) is 0 Å². The Bertz CT molecular complexity index is 606. The van der Waals surface area contributed by atoms with Crippen LogP contribution in [0.5, 0.6) is 0 Å². The smallest absolute Gasteiger partial charge is 0.129 e. The van der Waals surface area contributed by atoms with E-state index >= 15 is 0 Å². The van der Waals surface area contributed by atoms with Gasteiger partial charge in [0.2, 0.25) is 0 Å². The van der Waals surface area contributed by atoms with Gasteiger partial charge in [0.1, 0.15) is 11.0 Å². The van der Waals surface area contributed by atoms with Crippen molar-refractivity contribution < 1.29 is 0 Å². The molecule has 4 nitrogen and oxygen atoms in total. The molecule has 0 aliphatic carbocycles. The number of benzene rings is 1. The maximum Gasteiger partial charge on any atom is 0.129 e. The van der Waals surface area contributed by atoms with Crippen LogP contribution in [0.3, 0.4) is 0 Å².